The first-order chi connectivity index (χ1) is 9.38. The van der Waals surface area contributed by atoms with Crippen molar-refractivity contribution in [2.24, 2.45) is 5.92 Å². The van der Waals surface area contributed by atoms with E-state index in [2.05, 4.69) is 71.1 Å². The van der Waals surface area contributed by atoms with Crippen LogP contribution in [0.3, 0.4) is 0 Å². The van der Waals surface area contributed by atoms with Crippen LogP contribution in [0.25, 0.3) is 0 Å². The zero-order chi connectivity index (χ0) is 15.2. The van der Waals surface area contributed by atoms with Gasteiger partial charge in [-0.25, -0.2) is 0 Å². The quantitative estimate of drug-likeness (QED) is 0.743. The summed E-state index contributed by atoms with van der Waals surface area (Å²) in [4.78, 5) is 0. The number of benzene rings is 1. The van der Waals surface area contributed by atoms with Gasteiger partial charge in [0.2, 0.25) is 0 Å². The third kappa shape index (κ3) is 5.28. The van der Waals surface area contributed by atoms with Gasteiger partial charge in [0.05, 0.1) is 0 Å². The maximum absolute atomic E-state index is 3.64. The molecule has 0 bridgehead atoms. The summed E-state index contributed by atoms with van der Waals surface area (Å²) in [6.07, 6.45) is 3.62. The molecule has 0 aliphatic heterocycles. The molecule has 2 atom stereocenters. The van der Waals surface area contributed by atoms with E-state index < -0.39 is 0 Å². The topological polar surface area (TPSA) is 12.0 Å². The normalized spacial score (nSPS) is 15.1. The van der Waals surface area contributed by atoms with Gasteiger partial charge in [0.25, 0.3) is 0 Å². The lowest BCUT2D eigenvalue weighted by atomic mass is 9.85. The maximum Gasteiger partial charge on any atom is 0.00700 e. The van der Waals surface area contributed by atoms with Gasteiger partial charge in [0.15, 0.2) is 0 Å². The lowest BCUT2D eigenvalue weighted by molar-refractivity contribution is 0.362. The molecule has 0 spiro atoms. The molecule has 2 unspecified atom stereocenters. The molecule has 1 aromatic rings. The van der Waals surface area contributed by atoms with Gasteiger partial charge in [0.1, 0.15) is 0 Å². The lowest BCUT2D eigenvalue weighted by Crippen LogP contribution is -2.34. The molecule has 1 aromatic carbocycles. The second-order valence-corrected chi connectivity index (χ2v) is 7.06. The van der Waals surface area contributed by atoms with E-state index in [4.69, 9.17) is 0 Å². The molecule has 0 saturated carbocycles. The highest BCUT2D eigenvalue weighted by molar-refractivity contribution is 5.27. The van der Waals surface area contributed by atoms with E-state index >= 15 is 0 Å². The standard InChI is InChI=1S/C19H33N/c1-7-13-20-15(3)17(8-2)14-16-9-11-18(12-10-16)19(4,5)6/h9-12,15,17,20H,7-8,13-14H2,1-6H3. The van der Waals surface area contributed by atoms with E-state index in [0.717, 1.165) is 12.5 Å². The van der Waals surface area contributed by atoms with Crippen LogP contribution in [-0.4, -0.2) is 12.6 Å². The fraction of sp³-hybridized carbons (Fsp3) is 0.684. The largest absolute Gasteiger partial charge is 0.314 e. The van der Waals surface area contributed by atoms with Crippen LogP contribution in [0.4, 0.5) is 0 Å². The van der Waals surface area contributed by atoms with Gasteiger partial charge in [-0.15, -0.1) is 0 Å². The molecular formula is C19H33N. The minimum atomic E-state index is 0.249. The molecule has 1 heteroatoms. The maximum atomic E-state index is 3.64. The molecule has 20 heavy (non-hydrogen) atoms. The highest BCUT2D eigenvalue weighted by atomic mass is 14.9. The molecule has 1 N–H and O–H groups in total. The Kier molecular flexibility index (Phi) is 6.75. The van der Waals surface area contributed by atoms with Crippen LogP contribution in [0.15, 0.2) is 24.3 Å². The molecular weight excluding hydrogens is 242 g/mol. The van der Waals surface area contributed by atoms with Crippen LogP contribution in [0.5, 0.6) is 0 Å². The minimum absolute atomic E-state index is 0.249. The summed E-state index contributed by atoms with van der Waals surface area (Å²) < 4.78 is 0. The van der Waals surface area contributed by atoms with Crippen molar-refractivity contribution in [3.8, 4) is 0 Å². The predicted octanol–water partition coefficient (Wildman–Crippen LogP) is 4.94. The summed E-state index contributed by atoms with van der Waals surface area (Å²) in [7, 11) is 0. The Hall–Kier alpha value is -0.820. The number of hydrogen-bond acceptors (Lipinski definition) is 1. The Bertz CT molecular complexity index is 372. The predicted molar refractivity (Wildman–Crippen MR) is 90.4 cm³/mol. The Morgan fingerprint density at radius 1 is 1.05 bits per heavy atom. The molecule has 0 saturated heterocycles. The highest BCUT2D eigenvalue weighted by Gasteiger charge is 2.16. The van der Waals surface area contributed by atoms with Crippen LogP contribution in [0, 0.1) is 5.92 Å². The van der Waals surface area contributed by atoms with Crippen molar-refractivity contribution in [2.45, 2.75) is 72.3 Å². The van der Waals surface area contributed by atoms with E-state index in [1.807, 2.05) is 0 Å². The monoisotopic (exact) mass is 275 g/mol. The van der Waals surface area contributed by atoms with Crippen LogP contribution >= 0.6 is 0 Å². The second kappa shape index (κ2) is 7.83. The minimum Gasteiger partial charge on any atom is -0.314 e. The summed E-state index contributed by atoms with van der Waals surface area (Å²) >= 11 is 0. The first kappa shape index (κ1) is 17.2. The number of nitrogens with one attached hydrogen (secondary N) is 1. The van der Waals surface area contributed by atoms with Crippen molar-refractivity contribution in [1.29, 1.82) is 0 Å². The molecule has 0 aliphatic rings. The van der Waals surface area contributed by atoms with Crippen LogP contribution in [-0.2, 0) is 11.8 Å². The third-order valence-electron chi connectivity index (χ3n) is 4.27. The van der Waals surface area contributed by atoms with E-state index in [1.54, 1.807) is 0 Å². The SMILES string of the molecule is CCCNC(C)C(CC)Cc1ccc(C(C)(C)C)cc1. The fourth-order valence-corrected chi connectivity index (χ4v) is 2.66. The van der Waals surface area contributed by atoms with Gasteiger partial charge in [-0.2, -0.15) is 0 Å². The summed E-state index contributed by atoms with van der Waals surface area (Å²) in [6.45, 7) is 14.8. The third-order valence-corrected chi connectivity index (χ3v) is 4.27. The summed E-state index contributed by atoms with van der Waals surface area (Å²) in [5.41, 5.74) is 3.14. The van der Waals surface area contributed by atoms with E-state index in [-0.39, 0.29) is 5.41 Å². The van der Waals surface area contributed by atoms with Crippen molar-refractivity contribution in [3.63, 3.8) is 0 Å². The van der Waals surface area contributed by atoms with Crippen molar-refractivity contribution >= 4 is 0 Å². The summed E-state index contributed by atoms with van der Waals surface area (Å²) in [5, 5.41) is 3.64. The van der Waals surface area contributed by atoms with E-state index in [1.165, 1.54) is 30.4 Å². The Morgan fingerprint density at radius 2 is 1.65 bits per heavy atom. The molecule has 0 amide bonds. The number of hydrogen-bond donors (Lipinski definition) is 1. The van der Waals surface area contributed by atoms with Crippen molar-refractivity contribution in [3.05, 3.63) is 35.4 Å². The van der Waals surface area contributed by atoms with E-state index in [0.29, 0.717) is 6.04 Å². The molecule has 1 rings (SSSR count). The lowest BCUT2D eigenvalue weighted by Gasteiger charge is -2.24. The number of rotatable bonds is 7. The molecule has 114 valence electrons. The van der Waals surface area contributed by atoms with Gasteiger partial charge < -0.3 is 5.32 Å². The summed E-state index contributed by atoms with van der Waals surface area (Å²) in [6, 6.07) is 9.83. The average Bonchev–Trinajstić information content (AvgIpc) is 2.41. The molecule has 0 aromatic heterocycles. The second-order valence-electron chi connectivity index (χ2n) is 7.06. The zero-order valence-corrected chi connectivity index (χ0v) is 14.3. The molecule has 0 fully saturated rings. The van der Waals surface area contributed by atoms with Gasteiger partial charge in [-0.1, -0.05) is 65.3 Å². The Balaban J connectivity index is 2.66. The smallest absolute Gasteiger partial charge is 0.00700 e. The van der Waals surface area contributed by atoms with Gasteiger partial charge in [-0.3, -0.25) is 0 Å². The first-order valence-electron chi connectivity index (χ1n) is 8.21. The van der Waals surface area contributed by atoms with Crippen molar-refractivity contribution < 1.29 is 0 Å². The Morgan fingerprint density at radius 3 is 2.10 bits per heavy atom. The van der Waals surface area contributed by atoms with Crippen molar-refractivity contribution in [1.82, 2.24) is 5.32 Å². The molecule has 0 radical (unpaired) electrons. The summed E-state index contributed by atoms with van der Waals surface area (Å²) in [5.74, 6) is 0.724. The van der Waals surface area contributed by atoms with Crippen LogP contribution in [0.2, 0.25) is 0 Å². The van der Waals surface area contributed by atoms with E-state index in [9.17, 15) is 0 Å². The fourth-order valence-electron chi connectivity index (χ4n) is 2.66. The first-order valence-corrected chi connectivity index (χ1v) is 8.21. The van der Waals surface area contributed by atoms with Gasteiger partial charge in [-0.05, 0) is 48.8 Å². The van der Waals surface area contributed by atoms with Crippen LogP contribution in [0.1, 0.15) is 65.5 Å². The highest BCUT2D eigenvalue weighted by Crippen LogP contribution is 2.23. The molecule has 0 aliphatic carbocycles. The van der Waals surface area contributed by atoms with Crippen molar-refractivity contribution in [2.75, 3.05) is 6.54 Å². The average molecular weight is 275 g/mol. The molecule has 1 nitrogen and oxygen atoms in total. The van der Waals surface area contributed by atoms with Gasteiger partial charge in [0, 0.05) is 6.04 Å². The van der Waals surface area contributed by atoms with Crippen LogP contribution < -0.4 is 5.32 Å². The Labute approximate surface area is 126 Å². The van der Waals surface area contributed by atoms with Gasteiger partial charge >= 0.3 is 0 Å². The zero-order valence-electron chi connectivity index (χ0n) is 14.3. The molecule has 0 heterocycles.